The van der Waals surface area contributed by atoms with Crippen LogP contribution in [-0.4, -0.2) is 33.3 Å². The Hall–Kier alpha value is -3.15. The molecule has 1 atom stereocenters. The molecule has 0 radical (unpaired) electrons. The molecule has 1 aliphatic carbocycles. The molecule has 2 aliphatic heterocycles. The van der Waals surface area contributed by atoms with E-state index in [2.05, 4.69) is 28.5 Å². The predicted octanol–water partition coefficient (Wildman–Crippen LogP) is 4.26. The summed E-state index contributed by atoms with van der Waals surface area (Å²) >= 11 is 0. The van der Waals surface area contributed by atoms with Gasteiger partial charge >= 0.3 is 6.03 Å². The van der Waals surface area contributed by atoms with Gasteiger partial charge in [-0.3, -0.25) is 9.78 Å². The van der Waals surface area contributed by atoms with E-state index in [0.29, 0.717) is 31.3 Å². The molecule has 3 heterocycles. The molecular weight excluding hydrogens is 376 g/mol. The highest BCUT2D eigenvalue weighted by Crippen LogP contribution is 2.34. The highest BCUT2D eigenvalue weighted by atomic mass is 16.2. The van der Waals surface area contributed by atoms with Crippen molar-refractivity contribution in [1.82, 2.24) is 14.8 Å². The van der Waals surface area contributed by atoms with Gasteiger partial charge in [-0.05, 0) is 60.1 Å². The maximum atomic E-state index is 12.6. The molecule has 30 heavy (non-hydrogen) atoms. The van der Waals surface area contributed by atoms with Crippen molar-refractivity contribution >= 4 is 17.6 Å². The first-order valence-corrected chi connectivity index (χ1v) is 10.7. The number of anilines is 1. The average Bonchev–Trinajstić information content (AvgIpc) is 3.48. The first-order chi connectivity index (χ1) is 14.7. The SMILES string of the molecule is O=C(CC1CC1)N1C=CC(c2ccc(NC(=O)N3Cc4ccncc4C3)cc2)CC1. The number of carbonyl (C=O) groups excluding carboxylic acids is 2. The lowest BCUT2D eigenvalue weighted by Crippen LogP contribution is -2.30. The van der Waals surface area contributed by atoms with Crippen LogP contribution in [0.25, 0.3) is 0 Å². The molecule has 1 saturated carbocycles. The van der Waals surface area contributed by atoms with Crippen LogP contribution in [0.4, 0.5) is 10.5 Å². The fraction of sp³-hybridized carbons (Fsp3) is 0.375. The highest BCUT2D eigenvalue weighted by Gasteiger charge is 2.28. The number of pyridine rings is 1. The van der Waals surface area contributed by atoms with E-state index in [1.807, 2.05) is 35.5 Å². The number of nitrogens with zero attached hydrogens (tertiary/aromatic N) is 3. The summed E-state index contributed by atoms with van der Waals surface area (Å²) in [6.07, 6.45) is 11.7. The number of carbonyl (C=O) groups is 2. The van der Waals surface area contributed by atoms with E-state index in [1.54, 1.807) is 11.1 Å². The summed E-state index contributed by atoms with van der Waals surface area (Å²) in [4.78, 5) is 32.6. The summed E-state index contributed by atoms with van der Waals surface area (Å²) in [5.41, 5.74) is 4.26. The van der Waals surface area contributed by atoms with E-state index < -0.39 is 0 Å². The number of rotatable bonds is 4. The fourth-order valence-corrected chi connectivity index (χ4v) is 4.21. The Bertz CT molecular complexity index is 956. The van der Waals surface area contributed by atoms with E-state index in [9.17, 15) is 9.59 Å². The van der Waals surface area contributed by atoms with E-state index in [0.717, 1.165) is 29.8 Å². The molecule has 2 aromatic rings. The van der Waals surface area contributed by atoms with E-state index in [-0.39, 0.29) is 11.9 Å². The Kier molecular flexibility index (Phi) is 4.99. The molecule has 6 nitrogen and oxygen atoms in total. The van der Waals surface area contributed by atoms with Gasteiger partial charge in [-0.2, -0.15) is 0 Å². The van der Waals surface area contributed by atoms with Crippen LogP contribution in [0.1, 0.15) is 48.3 Å². The van der Waals surface area contributed by atoms with Gasteiger partial charge in [-0.15, -0.1) is 0 Å². The van der Waals surface area contributed by atoms with Crippen LogP contribution in [0, 0.1) is 5.92 Å². The highest BCUT2D eigenvalue weighted by molar-refractivity contribution is 5.89. The van der Waals surface area contributed by atoms with Gasteiger partial charge in [0, 0.05) is 56.3 Å². The van der Waals surface area contributed by atoms with Gasteiger partial charge in [0.15, 0.2) is 0 Å². The molecule has 1 aromatic carbocycles. The van der Waals surface area contributed by atoms with Gasteiger partial charge in [0.2, 0.25) is 5.91 Å². The van der Waals surface area contributed by atoms with Gasteiger partial charge in [0.25, 0.3) is 0 Å². The number of urea groups is 1. The lowest BCUT2D eigenvalue weighted by atomic mass is 9.93. The number of allylic oxidation sites excluding steroid dienone is 1. The Balaban J connectivity index is 1.16. The summed E-state index contributed by atoms with van der Waals surface area (Å²) in [6.45, 7) is 1.98. The van der Waals surface area contributed by atoms with Crippen molar-refractivity contribution in [2.75, 3.05) is 11.9 Å². The van der Waals surface area contributed by atoms with Crippen LogP contribution in [0.15, 0.2) is 55.0 Å². The first-order valence-electron chi connectivity index (χ1n) is 10.7. The zero-order chi connectivity index (χ0) is 20.5. The molecule has 3 aliphatic rings. The third-order valence-electron chi connectivity index (χ3n) is 6.26. The molecule has 1 fully saturated rings. The average molecular weight is 402 g/mol. The van der Waals surface area contributed by atoms with Crippen molar-refractivity contribution in [3.8, 4) is 0 Å². The van der Waals surface area contributed by atoms with Crippen molar-refractivity contribution in [3.05, 3.63) is 71.7 Å². The second-order valence-corrected chi connectivity index (χ2v) is 8.52. The minimum Gasteiger partial charge on any atom is -0.319 e. The Morgan fingerprint density at radius 1 is 1.03 bits per heavy atom. The van der Waals surface area contributed by atoms with Gasteiger partial charge in [0.1, 0.15) is 0 Å². The first kappa shape index (κ1) is 18.9. The van der Waals surface area contributed by atoms with Crippen molar-refractivity contribution in [1.29, 1.82) is 0 Å². The third-order valence-corrected chi connectivity index (χ3v) is 6.26. The van der Waals surface area contributed by atoms with Crippen molar-refractivity contribution < 1.29 is 9.59 Å². The van der Waals surface area contributed by atoms with Crippen LogP contribution in [0.5, 0.6) is 0 Å². The van der Waals surface area contributed by atoms with Crippen LogP contribution in [-0.2, 0) is 17.9 Å². The normalized spacial score (nSPS) is 20.2. The van der Waals surface area contributed by atoms with Gasteiger partial charge in [-0.25, -0.2) is 4.79 Å². The second kappa shape index (κ2) is 7.94. The monoisotopic (exact) mass is 402 g/mol. The molecule has 1 aromatic heterocycles. The molecule has 0 saturated heterocycles. The molecule has 6 heteroatoms. The number of fused-ring (bicyclic) bond motifs is 1. The third kappa shape index (κ3) is 4.08. The molecular formula is C24H26N4O2. The van der Waals surface area contributed by atoms with Gasteiger partial charge in [-0.1, -0.05) is 18.2 Å². The molecule has 5 rings (SSSR count). The number of hydrogen-bond acceptors (Lipinski definition) is 3. The van der Waals surface area contributed by atoms with Crippen LogP contribution in [0.2, 0.25) is 0 Å². The number of nitrogens with one attached hydrogen (secondary N) is 1. The fourth-order valence-electron chi connectivity index (χ4n) is 4.21. The summed E-state index contributed by atoms with van der Waals surface area (Å²) < 4.78 is 0. The van der Waals surface area contributed by atoms with E-state index in [4.69, 9.17) is 0 Å². The topological polar surface area (TPSA) is 65.5 Å². The molecule has 1 N–H and O–H groups in total. The molecule has 1 unspecified atom stereocenters. The maximum Gasteiger partial charge on any atom is 0.322 e. The Morgan fingerprint density at radius 3 is 2.53 bits per heavy atom. The minimum atomic E-state index is -0.0960. The molecule has 0 bridgehead atoms. The number of aromatic nitrogens is 1. The minimum absolute atomic E-state index is 0.0960. The standard InChI is InChI=1S/C24H26N4O2/c29-23(13-17-1-2-17)27-11-8-19(9-12-27)18-3-5-22(6-4-18)26-24(30)28-15-20-7-10-25-14-21(20)16-28/h3-8,10-11,14,17,19H,1-2,9,12-13,15-16H2,(H,26,30). The van der Waals surface area contributed by atoms with Crippen LogP contribution >= 0.6 is 0 Å². The zero-order valence-electron chi connectivity index (χ0n) is 17.0. The lowest BCUT2D eigenvalue weighted by molar-refractivity contribution is -0.129. The summed E-state index contributed by atoms with van der Waals surface area (Å²) in [7, 11) is 0. The number of benzene rings is 1. The van der Waals surface area contributed by atoms with Gasteiger partial charge < -0.3 is 15.1 Å². The zero-order valence-corrected chi connectivity index (χ0v) is 17.0. The van der Waals surface area contributed by atoms with Crippen LogP contribution in [0.3, 0.4) is 0 Å². The Labute approximate surface area is 176 Å². The smallest absolute Gasteiger partial charge is 0.319 e. The molecule has 0 spiro atoms. The lowest BCUT2D eigenvalue weighted by Gasteiger charge is -2.26. The summed E-state index contributed by atoms with van der Waals surface area (Å²) in [5.74, 6) is 1.18. The number of hydrogen-bond donors (Lipinski definition) is 1. The molecule has 3 amide bonds. The van der Waals surface area contributed by atoms with Crippen LogP contribution < -0.4 is 5.32 Å². The largest absolute Gasteiger partial charge is 0.322 e. The summed E-state index contributed by atoms with van der Waals surface area (Å²) in [5, 5.41) is 2.99. The van der Waals surface area contributed by atoms with Crippen molar-refractivity contribution in [3.63, 3.8) is 0 Å². The maximum absolute atomic E-state index is 12.6. The van der Waals surface area contributed by atoms with E-state index in [1.165, 1.54) is 18.4 Å². The Morgan fingerprint density at radius 2 is 1.83 bits per heavy atom. The molecule has 154 valence electrons. The second-order valence-electron chi connectivity index (χ2n) is 8.52. The van der Waals surface area contributed by atoms with E-state index >= 15 is 0 Å². The van der Waals surface area contributed by atoms with Crippen molar-refractivity contribution in [2.45, 2.75) is 44.7 Å². The number of amides is 3. The van der Waals surface area contributed by atoms with Crippen molar-refractivity contribution in [2.24, 2.45) is 5.92 Å². The van der Waals surface area contributed by atoms with Gasteiger partial charge in [0.05, 0.1) is 0 Å². The summed E-state index contributed by atoms with van der Waals surface area (Å²) in [6, 6.07) is 9.91. The quantitative estimate of drug-likeness (QED) is 0.831. The predicted molar refractivity (Wildman–Crippen MR) is 114 cm³/mol.